The standard InChI is InChI=1S/C13H20ClN5O3/c1-5-6-15-12-16-10-8(19(12)9(14)7(2)20)11(21)18(4)13(22)17(10)3/h7,9,20H,5-6H2,1-4H3,(H,15,16). The average Bonchev–Trinajstić information content (AvgIpc) is 2.87. The molecule has 2 rings (SSSR count). The lowest BCUT2D eigenvalue weighted by atomic mass is 10.4. The van der Waals surface area contributed by atoms with Gasteiger partial charge in [-0.05, 0) is 13.3 Å². The van der Waals surface area contributed by atoms with Crippen molar-refractivity contribution in [2.45, 2.75) is 31.9 Å². The molecule has 0 saturated heterocycles. The van der Waals surface area contributed by atoms with E-state index in [1.165, 1.54) is 30.2 Å². The van der Waals surface area contributed by atoms with Crippen molar-refractivity contribution in [3.63, 3.8) is 0 Å². The van der Waals surface area contributed by atoms with E-state index in [2.05, 4.69) is 10.3 Å². The number of nitrogens with one attached hydrogen (secondary N) is 1. The maximum atomic E-state index is 12.5. The van der Waals surface area contributed by atoms with Crippen molar-refractivity contribution in [2.75, 3.05) is 11.9 Å². The van der Waals surface area contributed by atoms with Gasteiger partial charge in [0.15, 0.2) is 11.2 Å². The van der Waals surface area contributed by atoms with E-state index in [9.17, 15) is 14.7 Å². The van der Waals surface area contributed by atoms with Gasteiger partial charge in [-0.2, -0.15) is 4.98 Å². The lowest BCUT2D eigenvalue weighted by molar-refractivity contribution is 0.168. The van der Waals surface area contributed by atoms with E-state index in [0.717, 1.165) is 11.0 Å². The molecule has 2 N–H and O–H groups in total. The van der Waals surface area contributed by atoms with Crippen LogP contribution in [0.2, 0.25) is 0 Å². The Balaban J connectivity index is 2.88. The minimum atomic E-state index is -0.900. The van der Waals surface area contributed by atoms with Crippen LogP contribution >= 0.6 is 11.6 Å². The van der Waals surface area contributed by atoms with Gasteiger partial charge in [0.1, 0.15) is 5.50 Å². The quantitative estimate of drug-likeness (QED) is 0.773. The molecule has 0 fully saturated rings. The number of aromatic nitrogens is 4. The van der Waals surface area contributed by atoms with Gasteiger partial charge in [-0.3, -0.25) is 18.5 Å². The third-order valence-electron chi connectivity index (χ3n) is 3.47. The van der Waals surface area contributed by atoms with Gasteiger partial charge >= 0.3 is 5.69 Å². The lowest BCUT2D eigenvalue weighted by Gasteiger charge is -2.18. The van der Waals surface area contributed by atoms with Gasteiger partial charge in [0, 0.05) is 20.6 Å². The number of fused-ring (bicyclic) bond motifs is 1. The molecule has 122 valence electrons. The predicted molar refractivity (Wildman–Crippen MR) is 85.6 cm³/mol. The molecular weight excluding hydrogens is 310 g/mol. The molecular formula is C13H20ClN5O3. The van der Waals surface area contributed by atoms with E-state index in [1.807, 2.05) is 6.92 Å². The molecule has 0 amide bonds. The molecule has 0 aliphatic rings. The first-order chi connectivity index (χ1) is 10.3. The molecule has 0 aromatic carbocycles. The number of aliphatic hydroxyl groups excluding tert-OH is 1. The topological polar surface area (TPSA) is 94.1 Å². The van der Waals surface area contributed by atoms with Crippen molar-refractivity contribution in [3.05, 3.63) is 20.8 Å². The van der Waals surface area contributed by atoms with E-state index >= 15 is 0 Å². The Bertz CT molecular complexity index is 805. The van der Waals surface area contributed by atoms with E-state index in [-0.39, 0.29) is 11.2 Å². The Labute approximate surface area is 132 Å². The van der Waals surface area contributed by atoms with Crippen LogP contribution in [0.1, 0.15) is 25.8 Å². The van der Waals surface area contributed by atoms with Crippen molar-refractivity contribution in [3.8, 4) is 0 Å². The molecule has 22 heavy (non-hydrogen) atoms. The molecule has 9 heteroatoms. The highest BCUT2D eigenvalue weighted by molar-refractivity contribution is 6.20. The second-order valence-corrected chi connectivity index (χ2v) is 5.67. The second-order valence-electron chi connectivity index (χ2n) is 5.22. The fourth-order valence-corrected chi connectivity index (χ4v) is 2.42. The number of aryl methyl sites for hydroxylation is 1. The van der Waals surface area contributed by atoms with Crippen molar-refractivity contribution in [1.29, 1.82) is 0 Å². The summed E-state index contributed by atoms with van der Waals surface area (Å²) in [6, 6.07) is 0. The summed E-state index contributed by atoms with van der Waals surface area (Å²) in [7, 11) is 2.93. The SMILES string of the molecule is CCCNc1nc2c(c(=O)n(C)c(=O)n2C)n1C(Cl)C(C)O. The smallest absolute Gasteiger partial charge is 0.332 e. The second kappa shape index (κ2) is 6.13. The molecule has 2 heterocycles. The van der Waals surface area contributed by atoms with E-state index in [4.69, 9.17) is 11.6 Å². The Hall–Kier alpha value is -1.80. The maximum Gasteiger partial charge on any atom is 0.332 e. The Morgan fingerprint density at radius 2 is 1.95 bits per heavy atom. The summed E-state index contributed by atoms with van der Waals surface area (Å²) in [5.74, 6) is 0.357. The first-order valence-electron chi connectivity index (χ1n) is 7.05. The van der Waals surface area contributed by atoms with Crippen LogP contribution in [0.3, 0.4) is 0 Å². The summed E-state index contributed by atoms with van der Waals surface area (Å²) in [6.45, 7) is 4.14. The van der Waals surface area contributed by atoms with Crippen LogP contribution < -0.4 is 16.6 Å². The normalized spacial score (nSPS) is 14.3. The van der Waals surface area contributed by atoms with Gasteiger partial charge in [0.2, 0.25) is 5.95 Å². The molecule has 0 aliphatic heterocycles. The number of aliphatic hydroxyl groups is 1. The molecule has 2 aromatic heterocycles. The number of halogens is 1. The Kier molecular flexibility index (Phi) is 4.62. The molecule has 0 spiro atoms. The van der Waals surface area contributed by atoms with Crippen LogP contribution in [-0.2, 0) is 14.1 Å². The highest BCUT2D eigenvalue weighted by Crippen LogP contribution is 2.26. The number of alkyl halides is 1. The van der Waals surface area contributed by atoms with Crippen molar-refractivity contribution >= 4 is 28.7 Å². The fourth-order valence-electron chi connectivity index (χ4n) is 2.23. The van der Waals surface area contributed by atoms with E-state index < -0.39 is 22.9 Å². The summed E-state index contributed by atoms with van der Waals surface area (Å²) in [5, 5.41) is 12.9. The van der Waals surface area contributed by atoms with Gasteiger partial charge in [-0.1, -0.05) is 18.5 Å². The lowest BCUT2D eigenvalue weighted by Crippen LogP contribution is -2.38. The highest BCUT2D eigenvalue weighted by atomic mass is 35.5. The monoisotopic (exact) mass is 329 g/mol. The predicted octanol–water partition coefficient (Wildman–Crippen LogP) is 0.374. The zero-order valence-corrected chi connectivity index (χ0v) is 13.8. The molecule has 2 aromatic rings. The van der Waals surface area contributed by atoms with Crippen LogP contribution in [0, 0.1) is 0 Å². The first-order valence-corrected chi connectivity index (χ1v) is 7.48. The van der Waals surface area contributed by atoms with Gasteiger partial charge in [-0.15, -0.1) is 0 Å². The molecule has 8 nitrogen and oxygen atoms in total. The first kappa shape index (κ1) is 16.6. The molecule has 0 aliphatic carbocycles. The zero-order valence-electron chi connectivity index (χ0n) is 13.0. The number of hydrogen-bond donors (Lipinski definition) is 2. The Morgan fingerprint density at radius 3 is 2.50 bits per heavy atom. The molecule has 0 saturated carbocycles. The summed E-state index contributed by atoms with van der Waals surface area (Å²) in [5.41, 5.74) is -1.43. The zero-order chi connectivity index (χ0) is 16.6. The number of rotatable bonds is 5. The molecule has 2 unspecified atom stereocenters. The number of nitrogens with zero attached hydrogens (tertiary/aromatic N) is 4. The van der Waals surface area contributed by atoms with Crippen LogP contribution in [0.15, 0.2) is 9.59 Å². The van der Waals surface area contributed by atoms with Crippen molar-refractivity contribution < 1.29 is 5.11 Å². The van der Waals surface area contributed by atoms with Gasteiger partial charge in [0.25, 0.3) is 5.56 Å². The summed E-state index contributed by atoms with van der Waals surface area (Å²) in [4.78, 5) is 28.8. The van der Waals surface area contributed by atoms with Gasteiger partial charge in [-0.25, -0.2) is 4.79 Å². The van der Waals surface area contributed by atoms with Crippen molar-refractivity contribution in [2.24, 2.45) is 14.1 Å². The summed E-state index contributed by atoms with van der Waals surface area (Å²) >= 11 is 6.26. The van der Waals surface area contributed by atoms with Gasteiger partial charge < -0.3 is 10.4 Å². The number of hydrogen-bond acceptors (Lipinski definition) is 5. The number of anilines is 1. The van der Waals surface area contributed by atoms with Crippen LogP contribution in [0.25, 0.3) is 11.2 Å². The van der Waals surface area contributed by atoms with E-state index in [1.54, 1.807) is 0 Å². The van der Waals surface area contributed by atoms with E-state index in [0.29, 0.717) is 12.5 Å². The van der Waals surface area contributed by atoms with Crippen LogP contribution in [0.5, 0.6) is 0 Å². The highest BCUT2D eigenvalue weighted by Gasteiger charge is 2.25. The number of imidazole rings is 1. The third-order valence-corrected chi connectivity index (χ3v) is 4.03. The average molecular weight is 330 g/mol. The van der Waals surface area contributed by atoms with Crippen LogP contribution in [-0.4, -0.2) is 36.4 Å². The minimum absolute atomic E-state index is 0.184. The maximum absolute atomic E-state index is 12.5. The fraction of sp³-hybridized carbons (Fsp3) is 0.615. The third kappa shape index (κ3) is 2.52. The van der Waals surface area contributed by atoms with Gasteiger partial charge in [0.05, 0.1) is 6.10 Å². The van der Waals surface area contributed by atoms with Crippen LogP contribution in [0.4, 0.5) is 5.95 Å². The minimum Gasteiger partial charge on any atom is -0.390 e. The molecule has 0 bridgehead atoms. The Morgan fingerprint density at radius 1 is 1.32 bits per heavy atom. The molecule has 0 radical (unpaired) electrons. The summed E-state index contributed by atoms with van der Waals surface area (Å²) in [6.07, 6.45) is -0.0508. The van der Waals surface area contributed by atoms with Crippen molar-refractivity contribution in [1.82, 2.24) is 18.7 Å². The molecule has 2 atom stereocenters. The summed E-state index contributed by atoms with van der Waals surface area (Å²) < 4.78 is 3.73. The largest absolute Gasteiger partial charge is 0.390 e.